The van der Waals surface area contributed by atoms with Crippen molar-refractivity contribution in [1.82, 2.24) is 19.7 Å². The van der Waals surface area contributed by atoms with Gasteiger partial charge in [0, 0.05) is 46.6 Å². The van der Waals surface area contributed by atoms with Gasteiger partial charge in [0.05, 0.1) is 11.6 Å². The van der Waals surface area contributed by atoms with Crippen molar-refractivity contribution in [2.45, 2.75) is 20.4 Å². The average molecular weight is 470 g/mol. The van der Waals surface area contributed by atoms with Crippen LogP contribution in [0.1, 0.15) is 19.5 Å². The Bertz CT molecular complexity index is 557. The number of aryl methyl sites for hydroxylation is 1. The van der Waals surface area contributed by atoms with E-state index in [2.05, 4.69) is 24.2 Å². The standard InChI is InChI=1S/C16H28ClN5O.HI/c1-12(2)8-18-16(19-9-15(23)20(3)4)22(6)11-14-7-13(17)10-21(14)5;/h7,10,12H,8-9,11H2,1-6H3,(H,18,19);1H. The molecule has 1 aromatic heterocycles. The van der Waals surface area contributed by atoms with Crippen LogP contribution in [-0.2, 0) is 18.4 Å². The summed E-state index contributed by atoms with van der Waals surface area (Å²) in [5.74, 6) is 1.18. The third-order valence-corrected chi connectivity index (χ3v) is 3.57. The van der Waals surface area contributed by atoms with Crippen LogP contribution >= 0.6 is 35.6 Å². The minimum atomic E-state index is -0.0239. The number of hydrogen-bond acceptors (Lipinski definition) is 2. The van der Waals surface area contributed by atoms with Crippen LogP contribution < -0.4 is 5.32 Å². The van der Waals surface area contributed by atoms with Crippen LogP contribution in [0.4, 0.5) is 0 Å². The van der Waals surface area contributed by atoms with Gasteiger partial charge in [-0.25, -0.2) is 4.99 Å². The molecular weight excluding hydrogens is 441 g/mol. The zero-order chi connectivity index (χ0) is 17.6. The normalized spacial score (nSPS) is 11.2. The highest BCUT2D eigenvalue weighted by Crippen LogP contribution is 2.14. The largest absolute Gasteiger partial charge is 0.356 e. The molecule has 0 bridgehead atoms. The molecule has 0 fully saturated rings. The first-order chi connectivity index (χ1) is 10.7. The van der Waals surface area contributed by atoms with Gasteiger partial charge in [-0.15, -0.1) is 24.0 Å². The lowest BCUT2D eigenvalue weighted by Crippen LogP contribution is -2.41. The first kappa shape index (κ1) is 23.0. The van der Waals surface area contributed by atoms with Crippen LogP contribution in [0.5, 0.6) is 0 Å². The van der Waals surface area contributed by atoms with E-state index in [1.54, 1.807) is 19.0 Å². The Labute approximate surface area is 167 Å². The molecular formula is C16H29ClIN5O. The highest BCUT2D eigenvalue weighted by Gasteiger charge is 2.12. The van der Waals surface area contributed by atoms with Crippen molar-refractivity contribution in [2.75, 3.05) is 34.2 Å². The zero-order valence-corrected chi connectivity index (χ0v) is 18.4. The lowest BCUT2D eigenvalue weighted by Gasteiger charge is -2.23. The highest BCUT2D eigenvalue weighted by molar-refractivity contribution is 14.0. The van der Waals surface area contributed by atoms with Gasteiger partial charge in [-0.3, -0.25) is 4.79 Å². The summed E-state index contributed by atoms with van der Waals surface area (Å²) in [5, 5.41) is 4.04. The molecule has 1 amide bonds. The molecule has 6 nitrogen and oxygen atoms in total. The smallest absolute Gasteiger partial charge is 0.243 e. The van der Waals surface area contributed by atoms with Gasteiger partial charge in [0.15, 0.2) is 5.96 Å². The predicted molar refractivity (Wildman–Crippen MR) is 111 cm³/mol. The molecule has 1 N–H and O–H groups in total. The number of carbonyl (C=O) groups excluding carboxylic acids is 1. The van der Waals surface area contributed by atoms with Gasteiger partial charge in [-0.2, -0.15) is 0 Å². The molecule has 24 heavy (non-hydrogen) atoms. The molecule has 0 aromatic carbocycles. The third kappa shape index (κ3) is 7.74. The Balaban J connectivity index is 0.00000529. The molecule has 138 valence electrons. The van der Waals surface area contributed by atoms with Gasteiger partial charge in [0.25, 0.3) is 0 Å². The molecule has 1 heterocycles. The Morgan fingerprint density at radius 3 is 2.46 bits per heavy atom. The summed E-state index contributed by atoms with van der Waals surface area (Å²) >= 11 is 6.03. The molecule has 0 saturated heterocycles. The Kier molecular flexibility index (Phi) is 10.4. The average Bonchev–Trinajstić information content (AvgIpc) is 2.75. The topological polar surface area (TPSA) is 52.9 Å². The number of nitrogens with one attached hydrogen (secondary N) is 1. The number of carbonyl (C=O) groups is 1. The molecule has 0 aliphatic carbocycles. The molecule has 1 rings (SSSR count). The monoisotopic (exact) mass is 469 g/mol. The summed E-state index contributed by atoms with van der Waals surface area (Å²) in [7, 11) is 7.37. The third-order valence-electron chi connectivity index (χ3n) is 3.37. The van der Waals surface area contributed by atoms with Crippen LogP contribution in [0.2, 0.25) is 5.02 Å². The lowest BCUT2D eigenvalue weighted by atomic mass is 10.2. The fraction of sp³-hybridized carbons (Fsp3) is 0.625. The zero-order valence-electron chi connectivity index (χ0n) is 15.3. The van der Waals surface area contributed by atoms with Crippen molar-refractivity contribution in [3.63, 3.8) is 0 Å². The van der Waals surface area contributed by atoms with Crippen molar-refractivity contribution in [3.8, 4) is 0 Å². The van der Waals surface area contributed by atoms with Crippen LogP contribution in [0.15, 0.2) is 17.3 Å². The minimum absolute atomic E-state index is 0. The van der Waals surface area contributed by atoms with Gasteiger partial charge in [0.1, 0.15) is 6.54 Å². The van der Waals surface area contributed by atoms with E-state index < -0.39 is 0 Å². The SMILES string of the molecule is CC(C)CNC(=NCC(=O)N(C)C)N(C)Cc1cc(Cl)cn1C.I. The van der Waals surface area contributed by atoms with Gasteiger partial charge >= 0.3 is 0 Å². The number of guanidine groups is 1. The van der Waals surface area contributed by atoms with E-state index in [4.69, 9.17) is 11.6 Å². The minimum Gasteiger partial charge on any atom is -0.356 e. The van der Waals surface area contributed by atoms with Crippen LogP contribution in [-0.4, -0.2) is 60.5 Å². The second-order valence-electron chi connectivity index (χ2n) is 6.32. The van der Waals surface area contributed by atoms with E-state index in [1.165, 1.54) is 0 Å². The van der Waals surface area contributed by atoms with Crippen LogP contribution in [0.3, 0.4) is 0 Å². The molecule has 1 aromatic rings. The Morgan fingerprint density at radius 2 is 2.00 bits per heavy atom. The molecule has 0 radical (unpaired) electrons. The lowest BCUT2D eigenvalue weighted by molar-refractivity contribution is -0.127. The number of amides is 1. The van der Waals surface area contributed by atoms with E-state index in [1.807, 2.05) is 35.8 Å². The summed E-state index contributed by atoms with van der Waals surface area (Å²) in [6.45, 7) is 5.85. The maximum absolute atomic E-state index is 11.8. The van der Waals surface area contributed by atoms with E-state index in [0.29, 0.717) is 23.4 Å². The maximum atomic E-state index is 11.8. The number of rotatable bonds is 6. The predicted octanol–water partition coefficient (Wildman–Crippen LogP) is 2.42. The highest BCUT2D eigenvalue weighted by atomic mass is 127. The molecule has 0 unspecified atom stereocenters. The molecule has 0 atom stereocenters. The van der Waals surface area contributed by atoms with Crippen molar-refractivity contribution in [1.29, 1.82) is 0 Å². The number of aliphatic imine (C=N–C) groups is 1. The number of likely N-dealkylation sites (N-methyl/N-ethyl adjacent to an activating group) is 1. The van der Waals surface area contributed by atoms with Crippen molar-refractivity contribution < 1.29 is 4.79 Å². The number of hydrogen-bond donors (Lipinski definition) is 1. The van der Waals surface area contributed by atoms with E-state index in [0.717, 1.165) is 12.2 Å². The molecule has 8 heteroatoms. The van der Waals surface area contributed by atoms with Crippen molar-refractivity contribution in [2.24, 2.45) is 18.0 Å². The number of halogens is 2. The summed E-state index contributed by atoms with van der Waals surface area (Å²) in [6.07, 6.45) is 1.87. The quantitative estimate of drug-likeness (QED) is 0.395. The number of nitrogens with zero attached hydrogens (tertiary/aromatic N) is 4. The maximum Gasteiger partial charge on any atom is 0.243 e. The molecule has 0 saturated carbocycles. The summed E-state index contributed by atoms with van der Waals surface area (Å²) in [4.78, 5) is 19.8. The summed E-state index contributed by atoms with van der Waals surface area (Å²) < 4.78 is 1.99. The van der Waals surface area contributed by atoms with E-state index >= 15 is 0 Å². The summed E-state index contributed by atoms with van der Waals surface area (Å²) in [6, 6.07) is 1.93. The van der Waals surface area contributed by atoms with Crippen molar-refractivity contribution in [3.05, 3.63) is 23.0 Å². The second-order valence-corrected chi connectivity index (χ2v) is 6.76. The van der Waals surface area contributed by atoms with Gasteiger partial charge in [0.2, 0.25) is 5.91 Å². The fourth-order valence-electron chi connectivity index (χ4n) is 1.93. The van der Waals surface area contributed by atoms with Crippen LogP contribution in [0, 0.1) is 5.92 Å². The Hall–Kier alpha value is -0.960. The van der Waals surface area contributed by atoms with Gasteiger partial charge < -0.3 is 19.7 Å². The first-order valence-corrected chi connectivity index (χ1v) is 8.08. The van der Waals surface area contributed by atoms with Crippen molar-refractivity contribution >= 4 is 47.4 Å². The Morgan fingerprint density at radius 1 is 1.38 bits per heavy atom. The van der Waals surface area contributed by atoms with E-state index in [9.17, 15) is 4.79 Å². The molecule has 0 aliphatic heterocycles. The number of aromatic nitrogens is 1. The summed E-state index contributed by atoms with van der Waals surface area (Å²) in [5.41, 5.74) is 1.08. The first-order valence-electron chi connectivity index (χ1n) is 7.71. The molecule has 0 aliphatic rings. The second kappa shape index (κ2) is 10.8. The fourth-order valence-corrected chi connectivity index (χ4v) is 2.20. The van der Waals surface area contributed by atoms with Gasteiger partial charge in [-0.05, 0) is 12.0 Å². The van der Waals surface area contributed by atoms with E-state index in [-0.39, 0.29) is 36.4 Å². The molecule has 0 spiro atoms. The van der Waals surface area contributed by atoms with Gasteiger partial charge in [-0.1, -0.05) is 25.4 Å². The van der Waals surface area contributed by atoms with Crippen LogP contribution in [0.25, 0.3) is 0 Å².